The lowest BCUT2D eigenvalue weighted by Crippen LogP contribution is -2.50. The normalized spacial score (nSPS) is 14.5. The predicted octanol–water partition coefficient (Wildman–Crippen LogP) is 3.19. The molecule has 0 saturated carbocycles. The summed E-state index contributed by atoms with van der Waals surface area (Å²) in [6.45, 7) is 3.09. The van der Waals surface area contributed by atoms with Gasteiger partial charge in [0.2, 0.25) is 11.8 Å². The smallest absolute Gasteiger partial charge is 0.245 e. The molecule has 1 aliphatic rings. The van der Waals surface area contributed by atoms with Crippen LogP contribution in [0.1, 0.15) is 30.0 Å². The van der Waals surface area contributed by atoms with Crippen LogP contribution in [-0.2, 0) is 29.0 Å². The number of nitrogens with zero attached hydrogens (tertiary/aromatic N) is 1. The van der Waals surface area contributed by atoms with E-state index in [-0.39, 0.29) is 11.8 Å². The Morgan fingerprint density at radius 2 is 1.86 bits per heavy atom. The zero-order valence-electron chi connectivity index (χ0n) is 16.1. The Bertz CT molecular complexity index is 1010. The third-order valence-corrected chi connectivity index (χ3v) is 5.50. The van der Waals surface area contributed by atoms with Gasteiger partial charge in [0.15, 0.2) is 0 Å². The lowest BCUT2D eigenvalue weighted by atomic mass is 9.98. The summed E-state index contributed by atoms with van der Waals surface area (Å²) in [7, 11) is 0. The van der Waals surface area contributed by atoms with E-state index in [1.165, 1.54) is 11.1 Å². The van der Waals surface area contributed by atoms with Crippen molar-refractivity contribution in [2.45, 2.75) is 38.8 Å². The van der Waals surface area contributed by atoms with Crippen molar-refractivity contribution in [3.05, 3.63) is 71.4 Å². The number of rotatable bonds is 5. The highest BCUT2D eigenvalue weighted by molar-refractivity contribution is 5.89. The molecule has 1 atom stereocenters. The fraction of sp³-hybridized carbons (Fsp3) is 0.304. The number of nitrogens with one attached hydrogen (secondary N) is 2. The topological polar surface area (TPSA) is 65.2 Å². The van der Waals surface area contributed by atoms with Crippen molar-refractivity contribution in [1.82, 2.24) is 15.2 Å². The Balaban J connectivity index is 1.57. The number of aromatic amines is 1. The molecule has 5 heteroatoms. The summed E-state index contributed by atoms with van der Waals surface area (Å²) in [6, 6.07) is 15.7. The largest absolute Gasteiger partial charge is 0.361 e. The quantitative estimate of drug-likeness (QED) is 0.719. The highest BCUT2D eigenvalue weighted by atomic mass is 16.2. The second kappa shape index (κ2) is 7.89. The molecule has 0 fully saturated rings. The lowest BCUT2D eigenvalue weighted by molar-refractivity contribution is -0.137. The molecule has 4 rings (SSSR count). The monoisotopic (exact) mass is 375 g/mol. The second-order valence-electron chi connectivity index (χ2n) is 7.32. The van der Waals surface area contributed by atoms with Gasteiger partial charge < -0.3 is 15.2 Å². The van der Waals surface area contributed by atoms with E-state index in [1.807, 2.05) is 47.5 Å². The van der Waals surface area contributed by atoms with Crippen LogP contribution < -0.4 is 5.32 Å². The van der Waals surface area contributed by atoms with Crippen LogP contribution in [0.2, 0.25) is 0 Å². The van der Waals surface area contributed by atoms with Crippen LogP contribution in [0.4, 0.5) is 0 Å². The molecule has 0 aliphatic carbocycles. The summed E-state index contributed by atoms with van der Waals surface area (Å²) in [5.74, 6) is -0.114. The summed E-state index contributed by atoms with van der Waals surface area (Å²) in [4.78, 5) is 30.6. The first-order chi connectivity index (χ1) is 13.7. The minimum Gasteiger partial charge on any atom is -0.361 e. The van der Waals surface area contributed by atoms with Crippen LogP contribution >= 0.6 is 0 Å². The van der Waals surface area contributed by atoms with Crippen molar-refractivity contribution >= 4 is 22.7 Å². The first-order valence-corrected chi connectivity index (χ1v) is 9.85. The van der Waals surface area contributed by atoms with Gasteiger partial charge in [-0.2, -0.15) is 0 Å². The molecule has 144 valence electrons. The summed E-state index contributed by atoms with van der Waals surface area (Å²) >= 11 is 0. The van der Waals surface area contributed by atoms with E-state index in [0.29, 0.717) is 25.9 Å². The Morgan fingerprint density at radius 3 is 2.68 bits per heavy atom. The van der Waals surface area contributed by atoms with E-state index in [0.717, 1.165) is 22.9 Å². The van der Waals surface area contributed by atoms with Crippen LogP contribution in [-0.4, -0.2) is 34.3 Å². The van der Waals surface area contributed by atoms with Crippen molar-refractivity contribution < 1.29 is 9.59 Å². The number of amides is 2. The average molecular weight is 375 g/mol. The number of aromatic nitrogens is 1. The first kappa shape index (κ1) is 18.3. The summed E-state index contributed by atoms with van der Waals surface area (Å²) in [5, 5.41) is 4.04. The highest BCUT2D eigenvalue weighted by Crippen LogP contribution is 2.22. The fourth-order valence-electron chi connectivity index (χ4n) is 3.92. The molecule has 2 amide bonds. The summed E-state index contributed by atoms with van der Waals surface area (Å²) < 4.78 is 0. The fourth-order valence-corrected chi connectivity index (χ4v) is 3.92. The molecule has 1 aromatic heterocycles. The maximum absolute atomic E-state index is 13.3. The van der Waals surface area contributed by atoms with E-state index < -0.39 is 6.04 Å². The molecule has 1 aliphatic heterocycles. The van der Waals surface area contributed by atoms with Gasteiger partial charge in [-0.25, -0.2) is 0 Å². The first-order valence-electron chi connectivity index (χ1n) is 9.85. The minimum atomic E-state index is -0.558. The van der Waals surface area contributed by atoms with Gasteiger partial charge in [-0.3, -0.25) is 9.59 Å². The van der Waals surface area contributed by atoms with E-state index >= 15 is 0 Å². The van der Waals surface area contributed by atoms with Crippen molar-refractivity contribution in [2.75, 3.05) is 6.54 Å². The van der Waals surface area contributed by atoms with Crippen molar-refractivity contribution in [3.8, 4) is 0 Å². The number of carbonyl (C=O) groups is 2. The number of para-hydroxylation sites is 1. The molecule has 0 saturated heterocycles. The Hall–Kier alpha value is -3.08. The van der Waals surface area contributed by atoms with Crippen molar-refractivity contribution in [1.29, 1.82) is 0 Å². The molecule has 0 unspecified atom stereocenters. The summed E-state index contributed by atoms with van der Waals surface area (Å²) in [6.07, 6.45) is 3.63. The zero-order valence-corrected chi connectivity index (χ0v) is 16.1. The number of H-pyrrole nitrogens is 1. The molecule has 0 radical (unpaired) electrons. The van der Waals surface area contributed by atoms with Gasteiger partial charge in [-0.05, 0) is 29.2 Å². The third kappa shape index (κ3) is 3.65. The molecule has 28 heavy (non-hydrogen) atoms. The number of fused-ring (bicyclic) bond motifs is 2. The van der Waals surface area contributed by atoms with Crippen molar-refractivity contribution in [2.24, 2.45) is 0 Å². The molecule has 2 N–H and O–H groups in total. The number of hydrogen-bond donors (Lipinski definition) is 2. The van der Waals surface area contributed by atoms with Crippen LogP contribution in [0.3, 0.4) is 0 Å². The average Bonchev–Trinajstić information content (AvgIpc) is 3.15. The number of hydrogen-bond acceptors (Lipinski definition) is 2. The maximum Gasteiger partial charge on any atom is 0.245 e. The van der Waals surface area contributed by atoms with Crippen LogP contribution in [0, 0.1) is 0 Å². The SMILES string of the molecule is CCC(=O)N[C@@H](Cc1c[nH]c2ccccc12)C(=O)N1CCc2ccccc2C1. The molecule has 0 spiro atoms. The molecular weight excluding hydrogens is 350 g/mol. The van der Waals surface area contributed by atoms with Gasteiger partial charge in [0.1, 0.15) is 6.04 Å². The van der Waals surface area contributed by atoms with Crippen molar-refractivity contribution in [3.63, 3.8) is 0 Å². The molecule has 5 nitrogen and oxygen atoms in total. The minimum absolute atomic E-state index is 0.0124. The van der Waals surface area contributed by atoms with E-state index in [4.69, 9.17) is 0 Å². The zero-order chi connectivity index (χ0) is 19.5. The summed E-state index contributed by atoms with van der Waals surface area (Å²) in [5.41, 5.74) is 4.58. The van der Waals surface area contributed by atoms with Gasteiger partial charge in [0, 0.05) is 43.0 Å². The molecule has 2 heterocycles. The number of benzene rings is 2. The van der Waals surface area contributed by atoms with Crippen LogP contribution in [0.5, 0.6) is 0 Å². The van der Waals surface area contributed by atoms with E-state index in [2.05, 4.69) is 22.4 Å². The predicted molar refractivity (Wildman–Crippen MR) is 110 cm³/mol. The maximum atomic E-state index is 13.3. The van der Waals surface area contributed by atoms with Gasteiger partial charge in [0.05, 0.1) is 0 Å². The van der Waals surface area contributed by atoms with Gasteiger partial charge in [0.25, 0.3) is 0 Å². The van der Waals surface area contributed by atoms with E-state index in [9.17, 15) is 9.59 Å². The van der Waals surface area contributed by atoms with Crippen LogP contribution in [0.15, 0.2) is 54.7 Å². The Kier molecular flexibility index (Phi) is 5.15. The van der Waals surface area contributed by atoms with E-state index in [1.54, 1.807) is 6.92 Å². The standard InChI is InChI=1S/C23H25N3O2/c1-2-22(27)25-21(13-18-14-24-20-10-6-5-9-19(18)20)23(28)26-12-11-16-7-3-4-8-17(16)15-26/h3-10,14,21,24H,2,11-13,15H2,1H3,(H,25,27)/t21-/m0/s1. The third-order valence-electron chi connectivity index (χ3n) is 5.50. The molecule has 2 aromatic carbocycles. The second-order valence-corrected chi connectivity index (χ2v) is 7.32. The van der Waals surface area contributed by atoms with Gasteiger partial charge in [-0.15, -0.1) is 0 Å². The van der Waals surface area contributed by atoms with Crippen LogP contribution in [0.25, 0.3) is 10.9 Å². The Labute approximate surface area is 164 Å². The molecule has 0 bridgehead atoms. The lowest BCUT2D eigenvalue weighted by Gasteiger charge is -2.32. The molecular formula is C23H25N3O2. The highest BCUT2D eigenvalue weighted by Gasteiger charge is 2.29. The Morgan fingerprint density at radius 1 is 1.11 bits per heavy atom. The van der Waals surface area contributed by atoms with Gasteiger partial charge >= 0.3 is 0 Å². The van der Waals surface area contributed by atoms with Gasteiger partial charge in [-0.1, -0.05) is 49.4 Å². The number of carbonyl (C=O) groups excluding carboxylic acids is 2. The molecule has 3 aromatic rings.